The number of aromatic hydroxyl groups is 1. The highest BCUT2D eigenvalue weighted by molar-refractivity contribution is 5.82. The smallest absolute Gasteiger partial charge is 0.138 e. The van der Waals surface area contributed by atoms with E-state index in [4.69, 9.17) is 4.74 Å². The molecule has 0 aliphatic carbocycles. The van der Waals surface area contributed by atoms with Crippen LogP contribution in [0.5, 0.6) is 11.5 Å². The summed E-state index contributed by atoms with van der Waals surface area (Å²) in [5.41, 5.74) is 2.11. The minimum absolute atomic E-state index is 0.282. The molecule has 0 amide bonds. The minimum atomic E-state index is 0.282. The number of aromatic nitrogens is 2. The fourth-order valence-electron chi connectivity index (χ4n) is 2.38. The second-order valence-corrected chi connectivity index (χ2v) is 4.60. The van der Waals surface area contributed by atoms with Crippen LogP contribution in [0, 0.1) is 0 Å². The molecule has 3 aromatic rings. The average Bonchev–Trinajstić information content (AvgIpc) is 2.83. The molecule has 2 heterocycles. The molecule has 102 valence electrons. The first-order valence-corrected chi connectivity index (χ1v) is 6.62. The summed E-state index contributed by atoms with van der Waals surface area (Å²) in [6.45, 7) is 3.39. The van der Waals surface area contributed by atoms with Gasteiger partial charge in [0.2, 0.25) is 0 Å². The number of hydrogen-bond donors (Lipinski definition) is 1. The van der Waals surface area contributed by atoms with Crippen LogP contribution in [0.25, 0.3) is 10.9 Å². The number of fused-ring (bicyclic) bond motifs is 1. The van der Waals surface area contributed by atoms with E-state index in [0.29, 0.717) is 6.61 Å². The van der Waals surface area contributed by atoms with Gasteiger partial charge in [-0.1, -0.05) is 0 Å². The summed E-state index contributed by atoms with van der Waals surface area (Å²) >= 11 is 0. The Bertz CT molecular complexity index is 720. The normalized spacial score (nSPS) is 10.8. The molecule has 3 rings (SSSR count). The summed E-state index contributed by atoms with van der Waals surface area (Å²) in [7, 11) is 0. The van der Waals surface area contributed by atoms with Crippen LogP contribution < -0.4 is 4.74 Å². The molecule has 2 aromatic heterocycles. The van der Waals surface area contributed by atoms with Gasteiger partial charge in [0.05, 0.1) is 17.4 Å². The van der Waals surface area contributed by atoms with Gasteiger partial charge in [-0.3, -0.25) is 4.98 Å². The zero-order chi connectivity index (χ0) is 13.9. The molecule has 0 atom stereocenters. The highest BCUT2D eigenvalue weighted by atomic mass is 16.5. The molecule has 0 unspecified atom stereocenters. The SMILES string of the molecule is CCn1c(COc2cccnc2)cc2ccc(O)cc21. The molecule has 0 saturated carbocycles. The number of hydrogen-bond acceptors (Lipinski definition) is 3. The summed E-state index contributed by atoms with van der Waals surface area (Å²) in [5, 5.41) is 10.7. The van der Waals surface area contributed by atoms with Gasteiger partial charge in [-0.05, 0) is 37.3 Å². The van der Waals surface area contributed by atoms with Crippen molar-refractivity contribution in [3.63, 3.8) is 0 Å². The van der Waals surface area contributed by atoms with Crippen LogP contribution in [0.1, 0.15) is 12.6 Å². The Balaban J connectivity index is 1.91. The fraction of sp³-hybridized carbons (Fsp3) is 0.188. The second-order valence-electron chi connectivity index (χ2n) is 4.60. The van der Waals surface area contributed by atoms with Gasteiger partial charge >= 0.3 is 0 Å². The van der Waals surface area contributed by atoms with Crippen LogP contribution in [0.2, 0.25) is 0 Å². The van der Waals surface area contributed by atoms with Crippen molar-refractivity contribution in [1.29, 1.82) is 0 Å². The monoisotopic (exact) mass is 268 g/mol. The van der Waals surface area contributed by atoms with E-state index in [1.165, 1.54) is 0 Å². The van der Waals surface area contributed by atoms with Gasteiger partial charge in [0.1, 0.15) is 18.1 Å². The minimum Gasteiger partial charge on any atom is -0.508 e. The Labute approximate surface area is 117 Å². The molecule has 0 aliphatic rings. The standard InChI is InChI=1S/C16H16N2O2/c1-2-18-13(11-20-15-4-3-7-17-10-15)8-12-5-6-14(19)9-16(12)18/h3-10,19H,2,11H2,1H3. The first-order chi connectivity index (χ1) is 9.78. The molecule has 0 saturated heterocycles. The first kappa shape index (κ1) is 12.5. The van der Waals surface area contributed by atoms with Gasteiger partial charge in [-0.15, -0.1) is 0 Å². The van der Waals surface area contributed by atoms with Gasteiger partial charge in [0.25, 0.3) is 0 Å². The molecule has 0 fully saturated rings. The van der Waals surface area contributed by atoms with Gasteiger partial charge in [-0.25, -0.2) is 0 Å². The molecular formula is C16H16N2O2. The van der Waals surface area contributed by atoms with Gasteiger partial charge in [0.15, 0.2) is 0 Å². The van der Waals surface area contributed by atoms with Crippen LogP contribution in [-0.4, -0.2) is 14.7 Å². The van der Waals surface area contributed by atoms with E-state index in [0.717, 1.165) is 28.9 Å². The van der Waals surface area contributed by atoms with Crippen LogP contribution >= 0.6 is 0 Å². The lowest BCUT2D eigenvalue weighted by Crippen LogP contribution is -2.04. The van der Waals surface area contributed by atoms with Crippen LogP contribution in [0.4, 0.5) is 0 Å². The number of pyridine rings is 1. The van der Waals surface area contributed by atoms with Crippen molar-refractivity contribution in [2.24, 2.45) is 0 Å². The van der Waals surface area contributed by atoms with Crippen LogP contribution in [0.3, 0.4) is 0 Å². The Hall–Kier alpha value is -2.49. The maximum absolute atomic E-state index is 9.61. The largest absolute Gasteiger partial charge is 0.508 e. The third-order valence-electron chi connectivity index (χ3n) is 3.31. The molecule has 0 radical (unpaired) electrons. The Kier molecular flexibility index (Phi) is 3.29. The molecule has 20 heavy (non-hydrogen) atoms. The molecule has 0 bridgehead atoms. The van der Waals surface area contributed by atoms with Crippen molar-refractivity contribution < 1.29 is 9.84 Å². The number of rotatable bonds is 4. The van der Waals surface area contributed by atoms with E-state index in [9.17, 15) is 5.11 Å². The zero-order valence-electron chi connectivity index (χ0n) is 11.3. The predicted molar refractivity (Wildman–Crippen MR) is 77.8 cm³/mol. The highest BCUT2D eigenvalue weighted by Gasteiger charge is 2.09. The van der Waals surface area contributed by atoms with Crippen LogP contribution in [0.15, 0.2) is 48.8 Å². The zero-order valence-corrected chi connectivity index (χ0v) is 11.3. The molecular weight excluding hydrogens is 252 g/mol. The van der Waals surface area contributed by atoms with Crippen molar-refractivity contribution in [2.45, 2.75) is 20.1 Å². The van der Waals surface area contributed by atoms with Gasteiger partial charge < -0.3 is 14.4 Å². The maximum Gasteiger partial charge on any atom is 0.138 e. The Morgan fingerprint density at radius 3 is 2.90 bits per heavy atom. The number of aryl methyl sites for hydroxylation is 1. The second kappa shape index (κ2) is 5.25. The molecule has 4 nitrogen and oxygen atoms in total. The van der Waals surface area contributed by atoms with E-state index < -0.39 is 0 Å². The van der Waals surface area contributed by atoms with E-state index in [2.05, 4.69) is 22.5 Å². The fourth-order valence-corrected chi connectivity index (χ4v) is 2.38. The van der Waals surface area contributed by atoms with Crippen molar-refractivity contribution in [3.8, 4) is 11.5 Å². The average molecular weight is 268 g/mol. The number of phenolic OH excluding ortho intramolecular Hbond substituents is 1. The Morgan fingerprint density at radius 1 is 1.25 bits per heavy atom. The summed E-state index contributed by atoms with van der Waals surface area (Å²) < 4.78 is 7.89. The van der Waals surface area contributed by atoms with Gasteiger partial charge in [-0.2, -0.15) is 0 Å². The van der Waals surface area contributed by atoms with Crippen molar-refractivity contribution >= 4 is 10.9 Å². The quantitative estimate of drug-likeness (QED) is 0.789. The third-order valence-corrected chi connectivity index (χ3v) is 3.31. The van der Waals surface area contributed by atoms with Crippen LogP contribution in [-0.2, 0) is 13.2 Å². The molecule has 1 N–H and O–H groups in total. The number of phenols is 1. The lowest BCUT2D eigenvalue weighted by molar-refractivity contribution is 0.295. The number of nitrogens with zero attached hydrogens (tertiary/aromatic N) is 2. The van der Waals surface area contributed by atoms with E-state index in [1.807, 2.05) is 18.2 Å². The van der Waals surface area contributed by atoms with Crippen molar-refractivity contribution in [1.82, 2.24) is 9.55 Å². The molecule has 4 heteroatoms. The summed E-state index contributed by atoms with van der Waals surface area (Å²) in [4.78, 5) is 4.03. The van der Waals surface area contributed by atoms with E-state index in [1.54, 1.807) is 24.5 Å². The topological polar surface area (TPSA) is 47.3 Å². The third kappa shape index (κ3) is 2.32. The molecule has 0 spiro atoms. The van der Waals surface area contributed by atoms with E-state index in [-0.39, 0.29) is 5.75 Å². The summed E-state index contributed by atoms with van der Waals surface area (Å²) in [5.74, 6) is 1.04. The first-order valence-electron chi connectivity index (χ1n) is 6.62. The molecule has 1 aromatic carbocycles. The number of ether oxygens (including phenoxy) is 1. The van der Waals surface area contributed by atoms with Crippen molar-refractivity contribution in [3.05, 3.63) is 54.5 Å². The highest BCUT2D eigenvalue weighted by Crippen LogP contribution is 2.25. The lowest BCUT2D eigenvalue weighted by atomic mass is 10.2. The van der Waals surface area contributed by atoms with Crippen molar-refractivity contribution in [2.75, 3.05) is 0 Å². The maximum atomic E-state index is 9.61. The predicted octanol–water partition coefficient (Wildman–Crippen LogP) is 3.34. The number of benzene rings is 1. The lowest BCUT2D eigenvalue weighted by Gasteiger charge is -2.09. The summed E-state index contributed by atoms with van der Waals surface area (Å²) in [6.07, 6.45) is 3.42. The van der Waals surface area contributed by atoms with Gasteiger partial charge in [0, 0.05) is 24.2 Å². The Morgan fingerprint density at radius 2 is 2.15 bits per heavy atom. The molecule has 0 aliphatic heterocycles. The van der Waals surface area contributed by atoms with E-state index >= 15 is 0 Å². The summed E-state index contributed by atoms with van der Waals surface area (Å²) in [6, 6.07) is 11.2.